The van der Waals surface area contributed by atoms with Crippen LogP contribution in [0.4, 0.5) is 5.69 Å². The Labute approximate surface area is 272 Å². The van der Waals surface area contributed by atoms with Crippen LogP contribution in [-0.4, -0.2) is 64.6 Å². The zero-order valence-corrected chi connectivity index (χ0v) is 27.4. The Morgan fingerprint density at radius 3 is 2.50 bits per heavy atom. The van der Waals surface area contributed by atoms with Gasteiger partial charge in [-0.1, -0.05) is 68.7 Å². The number of esters is 1. The first-order valence-electron chi connectivity index (χ1n) is 16.2. The maximum atomic E-state index is 13.1. The van der Waals surface area contributed by atoms with Gasteiger partial charge in [-0.15, -0.1) is 0 Å². The zero-order chi connectivity index (χ0) is 33.6. The van der Waals surface area contributed by atoms with Crippen molar-refractivity contribution in [1.82, 2.24) is 5.32 Å². The van der Waals surface area contributed by atoms with Crippen molar-refractivity contribution in [3.8, 4) is 11.5 Å². The van der Waals surface area contributed by atoms with Gasteiger partial charge < -0.3 is 35.4 Å². The molecule has 46 heavy (non-hydrogen) atoms. The van der Waals surface area contributed by atoms with Gasteiger partial charge >= 0.3 is 5.97 Å². The van der Waals surface area contributed by atoms with Crippen molar-refractivity contribution >= 4 is 23.5 Å². The molecule has 2 amide bonds. The van der Waals surface area contributed by atoms with Crippen LogP contribution in [0.2, 0.25) is 0 Å². The predicted octanol–water partition coefficient (Wildman–Crippen LogP) is 5.39. The summed E-state index contributed by atoms with van der Waals surface area (Å²) in [7, 11) is 1.49. The molecule has 0 spiro atoms. The molecule has 252 valence electrons. The van der Waals surface area contributed by atoms with E-state index in [2.05, 4.69) is 10.6 Å². The molecule has 2 bridgehead atoms. The molecule has 1 fully saturated rings. The highest BCUT2D eigenvalue weighted by Gasteiger charge is 2.31. The summed E-state index contributed by atoms with van der Waals surface area (Å²) in [5, 5.41) is 37.8. The molecule has 10 nitrogen and oxygen atoms in total. The molecule has 1 aliphatic heterocycles. The number of aliphatic hydroxyl groups is 1. The molecule has 0 aromatic heterocycles. The largest absolute Gasteiger partial charge is 0.508 e. The highest BCUT2D eigenvalue weighted by molar-refractivity contribution is 5.93. The summed E-state index contributed by atoms with van der Waals surface area (Å²) in [6.45, 7) is 5.22. The van der Waals surface area contributed by atoms with Crippen LogP contribution < -0.4 is 10.6 Å². The molecular weight excluding hydrogens is 588 g/mol. The van der Waals surface area contributed by atoms with Gasteiger partial charge in [0, 0.05) is 31.4 Å². The van der Waals surface area contributed by atoms with E-state index in [9.17, 15) is 29.7 Å². The zero-order valence-electron chi connectivity index (χ0n) is 27.4. The van der Waals surface area contributed by atoms with Crippen molar-refractivity contribution in [3.05, 3.63) is 65.8 Å². The fraction of sp³-hybridized carbons (Fsp3) is 0.528. The Hall–Kier alpha value is -3.89. The number of amides is 2. The number of rotatable bonds is 5. The number of nitrogens with one attached hydrogen (secondary N) is 2. The van der Waals surface area contributed by atoms with E-state index in [0.29, 0.717) is 30.4 Å². The Bertz CT molecular complexity index is 1310. The second kappa shape index (κ2) is 18.3. The van der Waals surface area contributed by atoms with Crippen LogP contribution >= 0.6 is 0 Å². The minimum Gasteiger partial charge on any atom is -0.508 e. The Morgan fingerprint density at radius 2 is 1.78 bits per heavy atom. The van der Waals surface area contributed by atoms with Gasteiger partial charge in [-0.05, 0) is 56.7 Å². The molecule has 1 heterocycles. The number of aliphatic hydroxyl groups excluding tert-OH is 1. The number of fused-ring (bicyclic) bond motifs is 2. The van der Waals surface area contributed by atoms with Gasteiger partial charge in [-0.25, -0.2) is 4.79 Å². The maximum Gasteiger partial charge on any atom is 0.328 e. The Kier molecular flexibility index (Phi) is 14.6. The van der Waals surface area contributed by atoms with E-state index in [-0.39, 0.29) is 35.4 Å². The molecule has 5 atom stereocenters. The smallest absolute Gasteiger partial charge is 0.328 e. The lowest BCUT2D eigenvalue weighted by Gasteiger charge is -2.29. The van der Waals surface area contributed by atoms with Gasteiger partial charge in [0.05, 0.1) is 24.3 Å². The molecular formula is C36H50N2O8. The molecule has 2 aliphatic rings. The number of carbonyl (C=O) groups excluding carboxylic acids is 3. The van der Waals surface area contributed by atoms with Gasteiger partial charge in [-0.2, -0.15) is 0 Å². The van der Waals surface area contributed by atoms with Crippen molar-refractivity contribution in [3.63, 3.8) is 0 Å². The third kappa shape index (κ3) is 11.2. The fourth-order valence-corrected chi connectivity index (χ4v) is 5.76. The Morgan fingerprint density at radius 1 is 1.07 bits per heavy atom. The Balaban J connectivity index is 1.82. The quantitative estimate of drug-likeness (QED) is 0.125. The lowest BCUT2D eigenvalue weighted by molar-refractivity contribution is -0.156. The van der Waals surface area contributed by atoms with E-state index < -0.39 is 42.1 Å². The predicted molar refractivity (Wildman–Crippen MR) is 177 cm³/mol. The van der Waals surface area contributed by atoms with Crippen LogP contribution in [0.3, 0.4) is 0 Å². The normalized spacial score (nSPS) is 27.8. The molecule has 0 radical (unpaired) electrons. The van der Waals surface area contributed by atoms with Gasteiger partial charge in [0.25, 0.3) is 0 Å². The number of anilines is 1. The summed E-state index contributed by atoms with van der Waals surface area (Å²) in [6, 6.07) is 1.89. The molecule has 10 heteroatoms. The van der Waals surface area contributed by atoms with Gasteiger partial charge in [0.15, 0.2) is 0 Å². The summed E-state index contributed by atoms with van der Waals surface area (Å²) >= 11 is 0. The summed E-state index contributed by atoms with van der Waals surface area (Å²) in [4.78, 5) is 38.6. The van der Waals surface area contributed by atoms with Crippen LogP contribution in [0.15, 0.2) is 60.2 Å². The first-order valence-corrected chi connectivity index (χ1v) is 16.2. The van der Waals surface area contributed by atoms with E-state index in [1.807, 2.05) is 19.1 Å². The van der Waals surface area contributed by atoms with Crippen molar-refractivity contribution in [2.75, 3.05) is 12.4 Å². The van der Waals surface area contributed by atoms with Crippen molar-refractivity contribution in [1.29, 1.82) is 0 Å². The van der Waals surface area contributed by atoms with Crippen LogP contribution in [0.1, 0.15) is 77.7 Å². The first-order chi connectivity index (χ1) is 22.0. The third-order valence-electron chi connectivity index (χ3n) is 8.69. The maximum absolute atomic E-state index is 13.1. The van der Waals surface area contributed by atoms with E-state index in [4.69, 9.17) is 9.47 Å². The van der Waals surface area contributed by atoms with Gasteiger partial charge in [-0.3, -0.25) is 9.59 Å². The fourth-order valence-electron chi connectivity index (χ4n) is 5.76. The first kappa shape index (κ1) is 36.6. The van der Waals surface area contributed by atoms with Crippen molar-refractivity contribution in [2.24, 2.45) is 11.8 Å². The van der Waals surface area contributed by atoms with Crippen LogP contribution in [0, 0.1) is 11.8 Å². The second-order valence-electron chi connectivity index (χ2n) is 12.3. The molecule has 1 aromatic rings. The number of methoxy groups -OCH3 is 1. The van der Waals surface area contributed by atoms with Crippen molar-refractivity contribution in [2.45, 2.75) is 103 Å². The lowest BCUT2D eigenvalue weighted by atomic mass is 9.88. The van der Waals surface area contributed by atoms with Crippen LogP contribution in [0.5, 0.6) is 11.5 Å². The standard InChI is InChI=1S/C36H50N2O8/c1-23-14-13-17-27-20-28(39)21-30(34(27)42)38-32(40)22-29(45-4)18-11-6-5-7-12-19-31(24(2)33(23)41)46-36(44)25(3)37-35(43)26-15-9-8-10-16-26/h5-7,11-12,14,18,20-21,24-26,29,31,33,39,41-42H,8-10,13,15-17,19,22H2,1-4H3,(H,37,43)(H,38,40)/b6-5+,12-7+,18-11+,23-14-/t24?,25-,29?,31?,33?/m0/s1. The lowest BCUT2D eigenvalue weighted by Crippen LogP contribution is -2.45. The average molecular weight is 639 g/mol. The number of hydrogen-bond acceptors (Lipinski definition) is 8. The van der Waals surface area contributed by atoms with E-state index >= 15 is 0 Å². The number of hydrogen-bond donors (Lipinski definition) is 5. The summed E-state index contributed by atoms with van der Waals surface area (Å²) in [5.74, 6) is -1.90. The summed E-state index contributed by atoms with van der Waals surface area (Å²) < 4.78 is 11.3. The third-order valence-corrected chi connectivity index (χ3v) is 8.69. The summed E-state index contributed by atoms with van der Waals surface area (Å²) in [5.41, 5.74) is 1.19. The molecule has 4 unspecified atom stereocenters. The molecule has 5 N–H and O–H groups in total. The second-order valence-corrected chi connectivity index (χ2v) is 12.3. The van der Waals surface area contributed by atoms with Gasteiger partial charge in [0.1, 0.15) is 23.6 Å². The minimum atomic E-state index is -0.940. The number of benzene rings is 1. The number of phenols is 2. The van der Waals surface area contributed by atoms with E-state index in [1.165, 1.54) is 19.2 Å². The van der Waals surface area contributed by atoms with Gasteiger partial charge in [0.2, 0.25) is 11.8 Å². The van der Waals surface area contributed by atoms with Crippen LogP contribution in [0.25, 0.3) is 0 Å². The highest BCUT2D eigenvalue weighted by Crippen LogP contribution is 2.34. The number of ether oxygens (including phenoxy) is 2. The topological polar surface area (TPSA) is 154 Å². The van der Waals surface area contributed by atoms with Crippen LogP contribution in [-0.2, 0) is 30.3 Å². The van der Waals surface area contributed by atoms with E-state index in [0.717, 1.165) is 32.1 Å². The molecule has 0 saturated heterocycles. The molecule has 1 saturated carbocycles. The molecule has 1 aromatic carbocycles. The number of phenolic OH excluding ortho intramolecular Hbond substituents is 2. The minimum absolute atomic E-state index is 0.00853. The van der Waals surface area contributed by atoms with Crippen molar-refractivity contribution < 1.29 is 39.2 Å². The highest BCUT2D eigenvalue weighted by atomic mass is 16.5. The SMILES string of the molecule is COC1/C=C/C=C/C=C/CC(OC(=O)[C@H](C)NC(=O)C2CCCCC2)C(C)C(O)/C(C)=C\CCc2cc(O)cc(c2O)NC(=O)C1. The van der Waals surface area contributed by atoms with E-state index in [1.54, 1.807) is 44.2 Å². The summed E-state index contributed by atoms with van der Waals surface area (Å²) in [6.07, 6.45) is 16.2. The molecule has 1 aliphatic carbocycles. The average Bonchev–Trinajstić information content (AvgIpc) is 3.04. The number of allylic oxidation sites excluding steroid dienone is 5. The monoisotopic (exact) mass is 638 g/mol. The number of aryl methyl sites for hydroxylation is 1. The molecule has 3 rings (SSSR count). The number of aromatic hydroxyl groups is 2. The number of carbonyl (C=O) groups is 3.